The highest BCUT2D eigenvalue weighted by Gasteiger charge is 2.03. The minimum Gasteiger partial charge on any atom is -0.103 e. The van der Waals surface area contributed by atoms with Crippen molar-refractivity contribution in [1.82, 2.24) is 0 Å². The monoisotopic (exact) mass is 160 g/mol. The number of rotatable bonds is 4. The molecule has 0 aromatic heterocycles. The molecule has 0 saturated carbocycles. The summed E-state index contributed by atoms with van der Waals surface area (Å²) in [6.45, 7) is 7.49. The molecule has 0 heteroatoms. The first-order valence-corrected chi connectivity index (χ1v) is 4.44. The zero-order valence-corrected chi connectivity index (χ0v) is 7.55. The van der Waals surface area contributed by atoms with Crippen molar-refractivity contribution < 1.29 is 0 Å². The van der Waals surface area contributed by atoms with Crippen LogP contribution in [0.4, 0.5) is 0 Å². The number of hydrogen-bond acceptors (Lipinski definition) is 0. The molecule has 0 aromatic rings. The normalized spacial score (nSPS) is 16.3. The van der Waals surface area contributed by atoms with Crippen LogP contribution < -0.4 is 0 Å². The van der Waals surface area contributed by atoms with E-state index in [0.29, 0.717) is 0 Å². The summed E-state index contributed by atoms with van der Waals surface area (Å²) in [6.07, 6.45) is 12.8. The average molecular weight is 160 g/mol. The second kappa shape index (κ2) is 4.76. The Balaban J connectivity index is 2.47. The largest absolute Gasteiger partial charge is 0.103 e. The zero-order chi connectivity index (χ0) is 8.81. The maximum absolute atomic E-state index is 3.75. The first-order chi connectivity index (χ1) is 5.86. The molecule has 0 aliphatic heterocycles. The molecular weight excluding hydrogens is 144 g/mol. The van der Waals surface area contributed by atoms with Crippen molar-refractivity contribution in [3.63, 3.8) is 0 Å². The van der Waals surface area contributed by atoms with Crippen LogP contribution in [0.25, 0.3) is 0 Å². The van der Waals surface area contributed by atoms with Crippen molar-refractivity contribution in [2.75, 3.05) is 0 Å². The Morgan fingerprint density at radius 1 is 1.08 bits per heavy atom. The van der Waals surface area contributed by atoms with Gasteiger partial charge in [-0.25, -0.2) is 0 Å². The van der Waals surface area contributed by atoms with Gasteiger partial charge in [0.05, 0.1) is 0 Å². The fourth-order valence-electron chi connectivity index (χ4n) is 1.51. The van der Waals surface area contributed by atoms with Gasteiger partial charge in [0, 0.05) is 0 Å². The first kappa shape index (κ1) is 9.05. The minimum absolute atomic E-state index is 1.04. The summed E-state index contributed by atoms with van der Waals surface area (Å²) in [6, 6.07) is 0. The van der Waals surface area contributed by atoms with Gasteiger partial charge in [-0.05, 0) is 25.7 Å². The Morgan fingerprint density at radius 2 is 1.58 bits per heavy atom. The van der Waals surface area contributed by atoms with Crippen molar-refractivity contribution in [3.8, 4) is 0 Å². The summed E-state index contributed by atoms with van der Waals surface area (Å²) in [7, 11) is 0. The van der Waals surface area contributed by atoms with E-state index in [1.54, 1.807) is 0 Å². The molecule has 64 valence electrons. The summed E-state index contributed by atoms with van der Waals surface area (Å²) < 4.78 is 0. The van der Waals surface area contributed by atoms with Gasteiger partial charge >= 0.3 is 0 Å². The summed E-state index contributed by atoms with van der Waals surface area (Å²) in [5.41, 5.74) is 3.01. The third-order valence-corrected chi connectivity index (χ3v) is 2.08. The van der Waals surface area contributed by atoms with Crippen LogP contribution in [0.5, 0.6) is 0 Å². The molecule has 0 heterocycles. The van der Waals surface area contributed by atoms with Crippen LogP contribution in [0.1, 0.15) is 25.7 Å². The van der Waals surface area contributed by atoms with Crippen molar-refractivity contribution in [1.29, 1.82) is 0 Å². The molecule has 1 rings (SSSR count). The third kappa shape index (κ3) is 2.54. The molecule has 12 heavy (non-hydrogen) atoms. The van der Waals surface area contributed by atoms with Gasteiger partial charge in [-0.3, -0.25) is 0 Å². The molecule has 0 bridgehead atoms. The second-order valence-electron chi connectivity index (χ2n) is 3.12. The van der Waals surface area contributed by atoms with Gasteiger partial charge in [-0.1, -0.05) is 35.5 Å². The van der Waals surface area contributed by atoms with Crippen LogP contribution in [0, 0.1) is 0 Å². The van der Waals surface area contributed by atoms with Crippen LogP contribution in [0.2, 0.25) is 0 Å². The molecule has 0 saturated heterocycles. The van der Waals surface area contributed by atoms with E-state index >= 15 is 0 Å². The summed E-state index contributed by atoms with van der Waals surface area (Å²) in [5, 5.41) is 0. The Labute approximate surface area is 75.0 Å². The van der Waals surface area contributed by atoms with E-state index in [9.17, 15) is 0 Å². The molecule has 0 aromatic carbocycles. The topological polar surface area (TPSA) is 0 Å². The molecule has 1 aliphatic carbocycles. The molecular formula is C12H16. The maximum atomic E-state index is 3.75. The fourth-order valence-corrected chi connectivity index (χ4v) is 1.51. The van der Waals surface area contributed by atoms with Crippen LogP contribution in [-0.4, -0.2) is 0 Å². The maximum Gasteiger partial charge on any atom is -0.0102 e. The highest BCUT2D eigenvalue weighted by Crippen LogP contribution is 2.23. The summed E-state index contributed by atoms with van der Waals surface area (Å²) in [4.78, 5) is 0. The Morgan fingerprint density at radius 3 is 2.00 bits per heavy atom. The van der Waals surface area contributed by atoms with E-state index in [1.165, 1.54) is 11.1 Å². The highest BCUT2D eigenvalue weighted by atomic mass is 14.1. The van der Waals surface area contributed by atoms with Gasteiger partial charge in [-0.2, -0.15) is 0 Å². The standard InChI is InChI=1S/C12H16/c1-3-6-11-8-5-9-12(10-11)7-4-2/h3-4,8-9H,1-2,5-7,10H2. The molecule has 0 atom stereocenters. The predicted octanol–water partition coefficient (Wildman–Crippen LogP) is 3.79. The lowest BCUT2D eigenvalue weighted by molar-refractivity contribution is 0.951. The van der Waals surface area contributed by atoms with E-state index in [0.717, 1.165) is 25.7 Å². The van der Waals surface area contributed by atoms with Gasteiger partial charge in [0.2, 0.25) is 0 Å². The van der Waals surface area contributed by atoms with E-state index in [2.05, 4.69) is 25.3 Å². The smallest absolute Gasteiger partial charge is 0.0102 e. The van der Waals surface area contributed by atoms with Crippen LogP contribution in [0.3, 0.4) is 0 Å². The predicted molar refractivity (Wildman–Crippen MR) is 55.0 cm³/mol. The van der Waals surface area contributed by atoms with E-state index in [-0.39, 0.29) is 0 Å². The second-order valence-corrected chi connectivity index (χ2v) is 3.12. The minimum atomic E-state index is 1.04. The van der Waals surface area contributed by atoms with Crippen molar-refractivity contribution >= 4 is 0 Å². The quantitative estimate of drug-likeness (QED) is 0.549. The van der Waals surface area contributed by atoms with Gasteiger partial charge in [0.25, 0.3) is 0 Å². The number of allylic oxidation sites excluding steroid dienone is 6. The molecule has 1 aliphatic rings. The average Bonchev–Trinajstić information content (AvgIpc) is 2.06. The molecule has 0 spiro atoms. The first-order valence-electron chi connectivity index (χ1n) is 4.44. The van der Waals surface area contributed by atoms with E-state index in [1.807, 2.05) is 12.2 Å². The molecule has 0 amide bonds. The van der Waals surface area contributed by atoms with Gasteiger partial charge in [0.1, 0.15) is 0 Å². The molecule has 0 fully saturated rings. The fraction of sp³-hybridized carbons (Fsp3) is 0.333. The molecule has 0 radical (unpaired) electrons. The van der Waals surface area contributed by atoms with E-state index < -0.39 is 0 Å². The highest BCUT2D eigenvalue weighted by molar-refractivity contribution is 5.24. The van der Waals surface area contributed by atoms with Crippen LogP contribution in [0.15, 0.2) is 48.6 Å². The lowest BCUT2D eigenvalue weighted by Gasteiger charge is -2.12. The number of hydrogen-bond donors (Lipinski definition) is 0. The van der Waals surface area contributed by atoms with E-state index in [4.69, 9.17) is 0 Å². The van der Waals surface area contributed by atoms with Crippen molar-refractivity contribution in [2.45, 2.75) is 25.7 Å². The summed E-state index contributed by atoms with van der Waals surface area (Å²) >= 11 is 0. The van der Waals surface area contributed by atoms with Gasteiger partial charge < -0.3 is 0 Å². The molecule has 0 N–H and O–H groups in total. The Hall–Kier alpha value is -1.04. The van der Waals surface area contributed by atoms with Gasteiger partial charge in [-0.15, -0.1) is 13.2 Å². The van der Waals surface area contributed by atoms with Crippen molar-refractivity contribution in [2.24, 2.45) is 0 Å². The Bertz CT molecular complexity index is 204. The van der Waals surface area contributed by atoms with Crippen LogP contribution >= 0.6 is 0 Å². The summed E-state index contributed by atoms with van der Waals surface area (Å²) in [5.74, 6) is 0. The molecule has 0 unspecified atom stereocenters. The third-order valence-electron chi connectivity index (χ3n) is 2.08. The van der Waals surface area contributed by atoms with Gasteiger partial charge in [0.15, 0.2) is 0 Å². The zero-order valence-electron chi connectivity index (χ0n) is 7.55. The SMILES string of the molecule is C=CCC1=CCC=C(CC=C)C1. The van der Waals surface area contributed by atoms with Crippen molar-refractivity contribution in [3.05, 3.63) is 48.6 Å². The lowest BCUT2D eigenvalue weighted by Crippen LogP contribution is -1.92. The Kier molecular flexibility index (Phi) is 3.59. The molecule has 0 nitrogen and oxygen atoms in total. The van der Waals surface area contributed by atoms with Crippen LogP contribution in [-0.2, 0) is 0 Å². The lowest BCUT2D eigenvalue weighted by atomic mass is 9.94.